The third-order valence-corrected chi connectivity index (χ3v) is 3.57. The van der Waals surface area contributed by atoms with E-state index in [0.29, 0.717) is 29.1 Å². The lowest BCUT2D eigenvalue weighted by atomic mass is 10.3. The molecule has 0 aliphatic rings. The highest BCUT2D eigenvalue weighted by atomic mass is 35.5. The molecule has 1 atom stereocenters. The van der Waals surface area contributed by atoms with Crippen molar-refractivity contribution in [1.29, 1.82) is 0 Å². The average Bonchev–Trinajstić information content (AvgIpc) is 2.55. The van der Waals surface area contributed by atoms with Crippen molar-refractivity contribution in [2.45, 2.75) is 33.3 Å². The molecule has 0 aliphatic carbocycles. The van der Waals surface area contributed by atoms with E-state index in [1.807, 2.05) is 13.8 Å². The monoisotopic (exact) mass is 351 g/mol. The van der Waals surface area contributed by atoms with Crippen LogP contribution in [0.1, 0.15) is 25.4 Å². The standard InChI is InChI=1S/C15H18ClN5O3/c1-4-12-14(16)15(20-10(3)19-12)18-7-9(2)24-13-6-5-11(8-17-13)21(22)23/h5-6,8-9H,4,7H2,1-3H3,(H,18,19,20)/t9-/m1/s1. The Hall–Kier alpha value is -2.48. The molecule has 0 unspecified atom stereocenters. The van der Waals surface area contributed by atoms with Gasteiger partial charge in [-0.3, -0.25) is 10.1 Å². The van der Waals surface area contributed by atoms with Crippen molar-refractivity contribution in [2.24, 2.45) is 0 Å². The molecule has 9 heteroatoms. The van der Waals surface area contributed by atoms with Crippen LogP contribution in [0.2, 0.25) is 5.02 Å². The van der Waals surface area contributed by atoms with E-state index in [0.717, 1.165) is 18.3 Å². The first-order valence-corrected chi connectivity index (χ1v) is 7.82. The number of pyridine rings is 1. The van der Waals surface area contributed by atoms with Crippen LogP contribution in [0.25, 0.3) is 0 Å². The van der Waals surface area contributed by atoms with Crippen LogP contribution in [0.3, 0.4) is 0 Å². The van der Waals surface area contributed by atoms with Gasteiger partial charge in [-0.1, -0.05) is 18.5 Å². The van der Waals surface area contributed by atoms with E-state index in [1.165, 1.54) is 12.1 Å². The fraction of sp³-hybridized carbons (Fsp3) is 0.400. The number of aromatic nitrogens is 3. The molecule has 2 rings (SSSR count). The van der Waals surface area contributed by atoms with Crippen LogP contribution in [-0.4, -0.2) is 32.5 Å². The molecule has 0 radical (unpaired) electrons. The van der Waals surface area contributed by atoms with Crippen LogP contribution in [-0.2, 0) is 6.42 Å². The van der Waals surface area contributed by atoms with Crippen LogP contribution in [0.4, 0.5) is 11.5 Å². The molecule has 2 aromatic rings. The van der Waals surface area contributed by atoms with E-state index in [2.05, 4.69) is 20.3 Å². The number of halogens is 1. The summed E-state index contributed by atoms with van der Waals surface area (Å²) < 4.78 is 5.61. The van der Waals surface area contributed by atoms with Crippen LogP contribution < -0.4 is 10.1 Å². The molecule has 0 saturated heterocycles. The maximum absolute atomic E-state index is 10.6. The number of nitro groups is 1. The third-order valence-electron chi connectivity index (χ3n) is 3.18. The van der Waals surface area contributed by atoms with Gasteiger partial charge in [-0.2, -0.15) is 0 Å². The number of hydrogen-bond donors (Lipinski definition) is 1. The first-order chi connectivity index (χ1) is 11.4. The largest absolute Gasteiger partial charge is 0.473 e. The van der Waals surface area contributed by atoms with Crippen LogP contribution in [0, 0.1) is 17.0 Å². The van der Waals surface area contributed by atoms with Crippen molar-refractivity contribution in [3.8, 4) is 5.88 Å². The lowest BCUT2D eigenvalue weighted by molar-refractivity contribution is -0.385. The number of nitrogens with zero attached hydrogens (tertiary/aromatic N) is 4. The van der Waals surface area contributed by atoms with Gasteiger partial charge in [-0.15, -0.1) is 0 Å². The summed E-state index contributed by atoms with van der Waals surface area (Å²) >= 11 is 6.27. The summed E-state index contributed by atoms with van der Waals surface area (Å²) in [5, 5.41) is 14.2. The summed E-state index contributed by atoms with van der Waals surface area (Å²) in [5.41, 5.74) is 0.709. The topological polar surface area (TPSA) is 103 Å². The lowest BCUT2D eigenvalue weighted by Crippen LogP contribution is -2.24. The van der Waals surface area contributed by atoms with Crippen LogP contribution in [0.5, 0.6) is 5.88 Å². The van der Waals surface area contributed by atoms with Gasteiger partial charge in [0.05, 0.1) is 17.2 Å². The first-order valence-electron chi connectivity index (χ1n) is 7.44. The number of ether oxygens (including phenoxy) is 1. The van der Waals surface area contributed by atoms with Crippen molar-refractivity contribution in [3.05, 3.63) is 45.0 Å². The zero-order valence-electron chi connectivity index (χ0n) is 13.6. The van der Waals surface area contributed by atoms with Gasteiger partial charge in [-0.05, 0) is 20.3 Å². The molecule has 1 N–H and O–H groups in total. The highest BCUT2D eigenvalue weighted by Gasteiger charge is 2.12. The Labute approximate surface area is 144 Å². The Morgan fingerprint density at radius 1 is 1.42 bits per heavy atom. The quantitative estimate of drug-likeness (QED) is 0.603. The number of rotatable bonds is 7. The molecule has 128 valence electrons. The molecule has 0 saturated carbocycles. The fourth-order valence-corrected chi connectivity index (χ4v) is 2.29. The van der Waals surface area contributed by atoms with E-state index in [9.17, 15) is 10.1 Å². The van der Waals surface area contributed by atoms with Gasteiger partial charge in [0, 0.05) is 12.1 Å². The maximum Gasteiger partial charge on any atom is 0.287 e. The van der Waals surface area contributed by atoms with Crippen molar-refractivity contribution in [1.82, 2.24) is 15.0 Å². The van der Waals surface area contributed by atoms with Crippen molar-refractivity contribution in [3.63, 3.8) is 0 Å². The summed E-state index contributed by atoms with van der Waals surface area (Å²) in [6.07, 6.45) is 1.64. The second kappa shape index (κ2) is 7.87. The van der Waals surface area contributed by atoms with Gasteiger partial charge >= 0.3 is 0 Å². The molecular formula is C15H18ClN5O3. The second-order valence-electron chi connectivity index (χ2n) is 5.15. The first kappa shape index (κ1) is 17.9. The molecule has 8 nitrogen and oxygen atoms in total. The Morgan fingerprint density at radius 2 is 2.17 bits per heavy atom. The van der Waals surface area contributed by atoms with Crippen molar-refractivity contribution in [2.75, 3.05) is 11.9 Å². The minimum Gasteiger partial charge on any atom is -0.473 e. The number of nitrogens with one attached hydrogen (secondary N) is 1. The molecule has 0 fully saturated rings. The van der Waals surface area contributed by atoms with Crippen LogP contribution >= 0.6 is 11.6 Å². The molecule has 0 amide bonds. The SMILES string of the molecule is CCc1nc(C)nc(NC[C@@H](C)Oc2ccc([N+](=O)[O-])cn2)c1Cl. The predicted octanol–water partition coefficient (Wildman–Crippen LogP) is 3.18. The van der Waals surface area contributed by atoms with E-state index in [4.69, 9.17) is 16.3 Å². The molecule has 0 aliphatic heterocycles. The summed E-state index contributed by atoms with van der Waals surface area (Å²) in [4.78, 5) is 22.6. The summed E-state index contributed by atoms with van der Waals surface area (Å²) in [7, 11) is 0. The van der Waals surface area contributed by atoms with Gasteiger partial charge in [-0.25, -0.2) is 15.0 Å². The normalized spacial score (nSPS) is 11.8. The number of hydrogen-bond acceptors (Lipinski definition) is 7. The zero-order chi connectivity index (χ0) is 17.7. The molecule has 2 heterocycles. The van der Waals surface area contributed by atoms with Gasteiger partial charge in [0.1, 0.15) is 29.0 Å². The van der Waals surface area contributed by atoms with E-state index in [1.54, 1.807) is 6.92 Å². The third kappa shape index (κ3) is 4.51. The summed E-state index contributed by atoms with van der Waals surface area (Å²) in [5.74, 6) is 1.52. The van der Waals surface area contributed by atoms with E-state index >= 15 is 0 Å². The van der Waals surface area contributed by atoms with Gasteiger partial charge in [0.15, 0.2) is 0 Å². The average molecular weight is 352 g/mol. The number of aryl methyl sites for hydroxylation is 2. The van der Waals surface area contributed by atoms with E-state index < -0.39 is 4.92 Å². The molecule has 2 aromatic heterocycles. The second-order valence-corrected chi connectivity index (χ2v) is 5.53. The molecule has 0 spiro atoms. The minimum absolute atomic E-state index is 0.0801. The Kier molecular flexibility index (Phi) is 5.86. The highest BCUT2D eigenvalue weighted by Crippen LogP contribution is 2.23. The molecular weight excluding hydrogens is 334 g/mol. The van der Waals surface area contributed by atoms with Crippen molar-refractivity contribution >= 4 is 23.1 Å². The minimum atomic E-state index is -0.507. The summed E-state index contributed by atoms with van der Waals surface area (Å²) in [6.45, 7) is 6.07. The highest BCUT2D eigenvalue weighted by molar-refractivity contribution is 6.33. The van der Waals surface area contributed by atoms with Gasteiger partial charge in [0.2, 0.25) is 5.88 Å². The Bertz CT molecular complexity index is 724. The molecule has 0 aromatic carbocycles. The molecule has 0 bridgehead atoms. The zero-order valence-corrected chi connectivity index (χ0v) is 14.4. The maximum atomic E-state index is 10.6. The molecule has 24 heavy (non-hydrogen) atoms. The van der Waals surface area contributed by atoms with Crippen LogP contribution in [0.15, 0.2) is 18.3 Å². The lowest BCUT2D eigenvalue weighted by Gasteiger charge is -2.16. The van der Waals surface area contributed by atoms with Crippen molar-refractivity contribution < 1.29 is 9.66 Å². The number of anilines is 1. The Morgan fingerprint density at radius 3 is 2.75 bits per heavy atom. The van der Waals surface area contributed by atoms with Gasteiger partial charge < -0.3 is 10.1 Å². The smallest absolute Gasteiger partial charge is 0.287 e. The predicted molar refractivity (Wildman–Crippen MR) is 90.6 cm³/mol. The van der Waals surface area contributed by atoms with Gasteiger partial charge in [0.25, 0.3) is 5.69 Å². The Balaban J connectivity index is 1.97. The fourth-order valence-electron chi connectivity index (χ4n) is 2.01. The summed E-state index contributed by atoms with van der Waals surface area (Å²) in [6, 6.07) is 2.81. The van der Waals surface area contributed by atoms with E-state index in [-0.39, 0.29) is 11.8 Å².